The maximum atomic E-state index is 13.8. The number of para-hydroxylation sites is 1. The van der Waals surface area contributed by atoms with E-state index in [4.69, 9.17) is 9.47 Å². The van der Waals surface area contributed by atoms with Crippen molar-refractivity contribution in [3.63, 3.8) is 0 Å². The Hall–Kier alpha value is -4.65. The topological polar surface area (TPSA) is 86.2 Å². The van der Waals surface area contributed by atoms with Crippen molar-refractivity contribution in [2.45, 2.75) is 6.92 Å². The second-order valence-electron chi connectivity index (χ2n) is 8.12. The lowest BCUT2D eigenvalue weighted by Crippen LogP contribution is -2.34. The molecule has 174 valence electrons. The molecule has 0 aliphatic carbocycles. The first-order chi connectivity index (χ1) is 17.0. The molecule has 7 heteroatoms. The highest BCUT2D eigenvalue weighted by atomic mass is 16.5. The van der Waals surface area contributed by atoms with Crippen LogP contribution in [0.3, 0.4) is 0 Å². The zero-order chi connectivity index (χ0) is 24.5. The number of hydrogen-bond donors (Lipinski definition) is 1. The number of aromatic nitrogens is 3. The molecule has 0 saturated carbocycles. The first-order valence-electron chi connectivity index (χ1n) is 11.0. The Labute approximate surface area is 201 Å². The van der Waals surface area contributed by atoms with Gasteiger partial charge in [0.25, 0.3) is 5.56 Å². The summed E-state index contributed by atoms with van der Waals surface area (Å²) in [5.41, 5.74) is 3.65. The number of aromatic amines is 1. The minimum absolute atomic E-state index is 0.218. The van der Waals surface area contributed by atoms with Crippen molar-refractivity contribution >= 4 is 11.0 Å². The number of methoxy groups -OCH3 is 2. The standard InChI is InChI=1S/C28H23N3O4/c1-17-9-11-18(12-10-17)22-16-21(19-13-14-23(34-2)24(15-19)35-3)25-26(29-22)30-28(33)31(27(25)32)20-7-5-4-6-8-20/h4-16H,1-3H3,(H,29,30,33). The Morgan fingerprint density at radius 1 is 0.800 bits per heavy atom. The molecular formula is C28H23N3O4. The molecule has 35 heavy (non-hydrogen) atoms. The Balaban J connectivity index is 1.87. The molecule has 0 bridgehead atoms. The van der Waals surface area contributed by atoms with Crippen LogP contribution >= 0.6 is 0 Å². The highest BCUT2D eigenvalue weighted by molar-refractivity contribution is 5.95. The molecule has 0 radical (unpaired) electrons. The van der Waals surface area contributed by atoms with Crippen LogP contribution in [0.2, 0.25) is 0 Å². The number of fused-ring (bicyclic) bond motifs is 1. The van der Waals surface area contributed by atoms with Crippen molar-refractivity contribution in [3.05, 3.63) is 105 Å². The van der Waals surface area contributed by atoms with Gasteiger partial charge in [-0.25, -0.2) is 14.3 Å². The molecule has 7 nitrogen and oxygen atoms in total. The summed E-state index contributed by atoms with van der Waals surface area (Å²) in [4.78, 5) is 34.3. The van der Waals surface area contributed by atoms with Crippen LogP contribution in [-0.4, -0.2) is 28.8 Å². The number of benzene rings is 3. The molecule has 0 aliphatic rings. The maximum absolute atomic E-state index is 13.8. The first kappa shape index (κ1) is 22.2. The Kier molecular flexibility index (Phi) is 5.66. The van der Waals surface area contributed by atoms with E-state index < -0.39 is 11.2 Å². The number of nitrogens with zero attached hydrogens (tertiary/aromatic N) is 2. The van der Waals surface area contributed by atoms with Gasteiger partial charge in [-0.05, 0) is 42.8 Å². The average Bonchev–Trinajstić information content (AvgIpc) is 2.88. The molecule has 0 spiro atoms. The van der Waals surface area contributed by atoms with Crippen molar-refractivity contribution in [2.24, 2.45) is 0 Å². The molecule has 2 aromatic heterocycles. The van der Waals surface area contributed by atoms with E-state index in [1.54, 1.807) is 44.6 Å². The lowest BCUT2D eigenvalue weighted by atomic mass is 9.99. The van der Waals surface area contributed by atoms with Crippen LogP contribution in [0.4, 0.5) is 0 Å². The summed E-state index contributed by atoms with van der Waals surface area (Å²) in [5.74, 6) is 1.10. The second kappa shape index (κ2) is 8.95. The lowest BCUT2D eigenvalue weighted by molar-refractivity contribution is 0.355. The van der Waals surface area contributed by atoms with E-state index >= 15 is 0 Å². The van der Waals surface area contributed by atoms with E-state index in [0.717, 1.165) is 21.3 Å². The summed E-state index contributed by atoms with van der Waals surface area (Å²) in [6, 6.07) is 24.0. The van der Waals surface area contributed by atoms with Crippen molar-refractivity contribution in [2.75, 3.05) is 14.2 Å². The second-order valence-corrected chi connectivity index (χ2v) is 8.12. The third-order valence-electron chi connectivity index (χ3n) is 5.92. The third kappa shape index (κ3) is 3.97. The number of hydrogen-bond acceptors (Lipinski definition) is 5. The van der Waals surface area contributed by atoms with Gasteiger partial charge >= 0.3 is 5.69 Å². The molecule has 0 unspecified atom stereocenters. The smallest absolute Gasteiger partial charge is 0.334 e. The van der Waals surface area contributed by atoms with Gasteiger partial charge in [0.05, 0.1) is 31.0 Å². The SMILES string of the molecule is COc1ccc(-c2cc(-c3ccc(C)cc3)nc3[nH]c(=O)n(-c4ccccc4)c(=O)c23)cc1OC. The molecule has 0 fully saturated rings. The van der Waals surface area contributed by atoms with Gasteiger partial charge < -0.3 is 9.47 Å². The largest absolute Gasteiger partial charge is 0.493 e. The summed E-state index contributed by atoms with van der Waals surface area (Å²) < 4.78 is 12.0. The van der Waals surface area contributed by atoms with Crippen LogP contribution in [0.25, 0.3) is 39.1 Å². The molecule has 0 saturated heterocycles. The number of H-pyrrole nitrogens is 1. The van der Waals surface area contributed by atoms with Crippen LogP contribution in [0, 0.1) is 6.92 Å². The summed E-state index contributed by atoms with van der Waals surface area (Å²) >= 11 is 0. The number of ether oxygens (including phenoxy) is 2. The van der Waals surface area contributed by atoms with Gasteiger partial charge in [0, 0.05) is 11.1 Å². The predicted octanol–water partition coefficient (Wildman–Crippen LogP) is 4.73. The number of aryl methyl sites for hydroxylation is 1. The molecule has 1 N–H and O–H groups in total. The molecule has 0 aliphatic heterocycles. The van der Waals surface area contributed by atoms with E-state index in [0.29, 0.717) is 33.8 Å². The Bertz CT molecular complexity index is 1650. The summed E-state index contributed by atoms with van der Waals surface area (Å²) in [7, 11) is 3.13. The van der Waals surface area contributed by atoms with Crippen molar-refractivity contribution in [1.29, 1.82) is 0 Å². The monoisotopic (exact) mass is 465 g/mol. The van der Waals surface area contributed by atoms with Crippen LogP contribution in [0.15, 0.2) is 88.5 Å². The summed E-state index contributed by atoms with van der Waals surface area (Å²) in [5, 5.41) is 0.302. The lowest BCUT2D eigenvalue weighted by Gasteiger charge is -2.14. The molecule has 3 aromatic carbocycles. The highest BCUT2D eigenvalue weighted by Crippen LogP contribution is 2.35. The van der Waals surface area contributed by atoms with Crippen LogP contribution in [0.5, 0.6) is 11.5 Å². The van der Waals surface area contributed by atoms with Crippen molar-refractivity contribution < 1.29 is 9.47 Å². The molecule has 0 atom stereocenters. The number of rotatable bonds is 5. The van der Waals surface area contributed by atoms with E-state index in [-0.39, 0.29) is 5.65 Å². The van der Waals surface area contributed by atoms with Crippen molar-refractivity contribution in [3.8, 4) is 39.6 Å². The maximum Gasteiger partial charge on any atom is 0.334 e. The Morgan fingerprint density at radius 3 is 2.17 bits per heavy atom. The number of pyridine rings is 1. The molecule has 5 rings (SSSR count). The van der Waals surface area contributed by atoms with Gasteiger partial charge in [-0.2, -0.15) is 0 Å². The number of nitrogens with one attached hydrogen (secondary N) is 1. The quantitative estimate of drug-likeness (QED) is 0.405. The van der Waals surface area contributed by atoms with Crippen molar-refractivity contribution in [1.82, 2.24) is 14.5 Å². The van der Waals surface area contributed by atoms with E-state index in [1.807, 2.05) is 55.5 Å². The van der Waals surface area contributed by atoms with Gasteiger partial charge in [0.15, 0.2) is 11.5 Å². The van der Waals surface area contributed by atoms with Gasteiger partial charge in [-0.15, -0.1) is 0 Å². The molecule has 0 amide bonds. The predicted molar refractivity (Wildman–Crippen MR) is 137 cm³/mol. The van der Waals surface area contributed by atoms with E-state index in [2.05, 4.69) is 9.97 Å². The van der Waals surface area contributed by atoms with Gasteiger partial charge in [-0.3, -0.25) is 9.78 Å². The van der Waals surface area contributed by atoms with Crippen LogP contribution in [-0.2, 0) is 0 Å². The molecule has 5 aromatic rings. The molecular weight excluding hydrogens is 442 g/mol. The zero-order valence-electron chi connectivity index (χ0n) is 19.5. The van der Waals surface area contributed by atoms with E-state index in [9.17, 15) is 9.59 Å². The highest BCUT2D eigenvalue weighted by Gasteiger charge is 2.18. The first-order valence-corrected chi connectivity index (χ1v) is 11.0. The molecule has 2 heterocycles. The summed E-state index contributed by atoms with van der Waals surface area (Å²) in [6.45, 7) is 2.01. The Morgan fingerprint density at radius 2 is 1.49 bits per heavy atom. The third-order valence-corrected chi connectivity index (χ3v) is 5.92. The summed E-state index contributed by atoms with van der Waals surface area (Å²) in [6.07, 6.45) is 0. The normalized spacial score (nSPS) is 10.9. The minimum atomic E-state index is -0.555. The van der Waals surface area contributed by atoms with Gasteiger partial charge in [0.1, 0.15) is 5.65 Å². The zero-order valence-corrected chi connectivity index (χ0v) is 19.5. The minimum Gasteiger partial charge on any atom is -0.493 e. The fourth-order valence-corrected chi connectivity index (χ4v) is 4.13. The van der Waals surface area contributed by atoms with E-state index in [1.165, 1.54) is 0 Å². The fourth-order valence-electron chi connectivity index (χ4n) is 4.13. The fraction of sp³-hybridized carbons (Fsp3) is 0.107. The van der Waals surface area contributed by atoms with Gasteiger partial charge in [0.2, 0.25) is 0 Å². The van der Waals surface area contributed by atoms with Gasteiger partial charge in [-0.1, -0.05) is 54.1 Å². The van der Waals surface area contributed by atoms with Crippen LogP contribution in [0.1, 0.15) is 5.56 Å². The average molecular weight is 466 g/mol. The van der Waals surface area contributed by atoms with Crippen LogP contribution < -0.4 is 20.7 Å².